The largest absolute Gasteiger partial charge is 0.449 e. The molecule has 1 aliphatic carbocycles. The second kappa shape index (κ2) is 8.74. The Labute approximate surface area is 190 Å². The van der Waals surface area contributed by atoms with Gasteiger partial charge in [0.25, 0.3) is 0 Å². The van der Waals surface area contributed by atoms with E-state index in [1.54, 1.807) is 0 Å². The first-order chi connectivity index (χ1) is 15.7. The number of thiazole rings is 1. The minimum atomic E-state index is -0.428. The molecule has 0 aliphatic heterocycles. The van der Waals surface area contributed by atoms with Crippen molar-refractivity contribution < 1.29 is 9.53 Å². The van der Waals surface area contributed by atoms with Gasteiger partial charge in [-0.25, -0.2) is 9.78 Å². The predicted octanol–water partition coefficient (Wildman–Crippen LogP) is 5.16. The molecule has 0 unspecified atom stereocenters. The summed E-state index contributed by atoms with van der Waals surface area (Å²) in [4.78, 5) is 16.6. The van der Waals surface area contributed by atoms with Gasteiger partial charge < -0.3 is 15.8 Å². The molecule has 0 saturated carbocycles. The first-order valence-corrected chi connectivity index (χ1v) is 11.2. The molecule has 0 spiro atoms. The van der Waals surface area contributed by atoms with Crippen molar-refractivity contribution in [1.82, 2.24) is 10.3 Å². The van der Waals surface area contributed by atoms with E-state index in [1.807, 2.05) is 42.5 Å². The Kier molecular flexibility index (Phi) is 5.49. The zero-order chi connectivity index (χ0) is 21.9. The molecule has 3 aromatic carbocycles. The molecule has 1 aliphatic rings. The first-order valence-electron chi connectivity index (χ1n) is 10.4. The summed E-state index contributed by atoms with van der Waals surface area (Å²) in [5.41, 5.74) is 12.3. The Balaban J connectivity index is 1.15. The zero-order valence-corrected chi connectivity index (χ0v) is 18.1. The lowest BCUT2D eigenvalue weighted by Gasteiger charge is -2.14. The fourth-order valence-corrected chi connectivity index (χ4v) is 4.86. The van der Waals surface area contributed by atoms with E-state index in [2.05, 4.69) is 46.4 Å². The highest BCUT2D eigenvalue weighted by molar-refractivity contribution is 7.22. The van der Waals surface area contributed by atoms with E-state index < -0.39 is 6.09 Å². The number of hydrogen-bond acceptors (Lipinski definition) is 5. The number of benzene rings is 3. The van der Waals surface area contributed by atoms with Gasteiger partial charge in [-0.1, -0.05) is 77.8 Å². The first kappa shape index (κ1) is 20.1. The van der Waals surface area contributed by atoms with Crippen molar-refractivity contribution in [2.75, 3.05) is 18.9 Å². The number of hydrogen-bond donors (Lipinski definition) is 2. The highest BCUT2D eigenvalue weighted by atomic mass is 32.1. The lowest BCUT2D eigenvalue weighted by atomic mass is 9.98. The van der Waals surface area contributed by atoms with Gasteiger partial charge in [-0.2, -0.15) is 0 Å². The van der Waals surface area contributed by atoms with Crippen LogP contribution in [0.5, 0.6) is 0 Å². The number of carbonyl (C=O) groups excluding carboxylic acids is 1. The highest BCUT2D eigenvalue weighted by Gasteiger charge is 2.28. The third kappa shape index (κ3) is 3.91. The number of fused-ring (bicyclic) bond motifs is 4. The smallest absolute Gasteiger partial charge is 0.407 e. The summed E-state index contributed by atoms with van der Waals surface area (Å²) in [6.07, 6.45) is 0.0863. The summed E-state index contributed by atoms with van der Waals surface area (Å²) in [6.45, 7) is 0.720. The molecule has 1 heterocycles. The van der Waals surface area contributed by atoms with Gasteiger partial charge in [0.1, 0.15) is 6.61 Å². The molecular formula is C26H21N3O2S. The van der Waals surface area contributed by atoms with Crippen molar-refractivity contribution in [1.29, 1.82) is 0 Å². The van der Waals surface area contributed by atoms with Gasteiger partial charge in [-0.15, -0.1) is 0 Å². The van der Waals surface area contributed by atoms with Crippen molar-refractivity contribution >= 4 is 32.8 Å². The summed E-state index contributed by atoms with van der Waals surface area (Å²) >= 11 is 1.45. The third-order valence-corrected chi connectivity index (χ3v) is 6.37. The fraction of sp³-hybridized carbons (Fsp3) is 0.154. The summed E-state index contributed by atoms with van der Waals surface area (Å²) in [5.74, 6) is 6.26. The average Bonchev–Trinajstić information content (AvgIpc) is 3.35. The molecule has 0 saturated heterocycles. The lowest BCUT2D eigenvalue weighted by molar-refractivity contribution is 0.143. The number of amides is 1. The van der Waals surface area contributed by atoms with Crippen molar-refractivity contribution in [3.8, 4) is 23.0 Å². The Morgan fingerprint density at radius 1 is 1.03 bits per heavy atom. The molecule has 1 aromatic heterocycles. The van der Waals surface area contributed by atoms with Gasteiger partial charge in [0.15, 0.2) is 5.13 Å². The second-order valence-electron chi connectivity index (χ2n) is 7.51. The predicted molar refractivity (Wildman–Crippen MR) is 129 cm³/mol. The SMILES string of the molecule is Nc1nc2c(C#CCCNC(=O)OCC3c4ccccc4-c4ccccc43)cccc2s1. The van der Waals surface area contributed by atoms with Crippen molar-refractivity contribution in [2.45, 2.75) is 12.3 Å². The van der Waals surface area contributed by atoms with Crippen LogP contribution in [0, 0.1) is 11.8 Å². The van der Waals surface area contributed by atoms with Crippen LogP contribution in [0.4, 0.5) is 9.93 Å². The van der Waals surface area contributed by atoms with E-state index >= 15 is 0 Å². The van der Waals surface area contributed by atoms with Crippen LogP contribution < -0.4 is 11.1 Å². The van der Waals surface area contributed by atoms with Gasteiger partial charge in [-0.3, -0.25) is 0 Å². The number of para-hydroxylation sites is 1. The van der Waals surface area contributed by atoms with Crippen molar-refractivity contribution in [3.05, 3.63) is 83.4 Å². The van der Waals surface area contributed by atoms with Crippen LogP contribution in [0.3, 0.4) is 0 Å². The quantitative estimate of drug-likeness (QED) is 0.340. The van der Waals surface area contributed by atoms with Gasteiger partial charge in [0, 0.05) is 18.9 Å². The van der Waals surface area contributed by atoms with Gasteiger partial charge >= 0.3 is 6.09 Å². The summed E-state index contributed by atoms with van der Waals surface area (Å²) in [6, 6.07) is 22.4. The summed E-state index contributed by atoms with van der Waals surface area (Å²) in [7, 11) is 0. The van der Waals surface area contributed by atoms with Crippen LogP contribution in [-0.4, -0.2) is 24.2 Å². The Morgan fingerprint density at radius 2 is 1.75 bits per heavy atom. The van der Waals surface area contributed by atoms with Crippen molar-refractivity contribution in [2.24, 2.45) is 0 Å². The lowest BCUT2D eigenvalue weighted by Crippen LogP contribution is -2.26. The maximum Gasteiger partial charge on any atom is 0.407 e. The van der Waals surface area contributed by atoms with E-state index in [-0.39, 0.29) is 5.92 Å². The van der Waals surface area contributed by atoms with Crippen molar-refractivity contribution in [3.63, 3.8) is 0 Å². The molecule has 0 bridgehead atoms. The number of aromatic nitrogens is 1. The van der Waals surface area contributed by atoms with E-state index in [9.17, 15) is 4.79 Å². The minimum Gasteiger partial charge on any atom is -0.449 e. The van der Waals surface area contributed by atoms with Crippen LogP contribution >= 0.6 is 11.3 Å². The van der Waals surface area contributed by atoms with E-state index in [4.69, 9.17) is 10.5 Å². The molecule has 5 rings (SSSR count). The van der Waals surface area contributed by atoms with E-state index in [1.165, 1.54) is 33.6 Å². The number of carbonyl (C=O) groups is 1. The second-order valence-corrected chi connectivity index (χ2v) is 8.57. The maximum atomic E-state index is 12.2. The van der Waals surface area contributed by atoms with Crippen LogP contribution in [-0.2, 0) is 4.74 Å². The number of ether oxygens (including phenoxy) is 1. The molecule has 0 atom stereocenters. The Bertz CT molecular complexity index is 1320. The van der Waals surface area contributed by atoms with Gasteiger partial charge in [-0.05, 0) is 34.4 Å². The molecule has 3 N–H and O–H groups in total. The number of rotatable bonds is 4. The fourth-order valence-electron chi connectivity index (χ4n) is 4.10. The van der Waals surface area contributed by atoms with Crippen LogP contribution in [0.15, 0.2) is 66.7 Å². The highest BCUT2D eigenvalue weighted by Crippen LogP contribution is 2.44. The topological polar surface area (TPSA) is 77.2 Å². The molecule has 32 heavy (non-hydrogen) atoms. The number of alkyl carbamates (subject to hydrolysis) is 1. The maximum absolute atomic E-state index is 12.2. The van der Waals surface area contributed by atoms with E-state index in [0.717, 1.165) is 15.8 Å². The number of nitrogens with zero attached hydrogens (tertiary/aromatic N) is 1. The summed E-state index contributed by atoms with van der Waals surface area (Å²) in [5, 5.41) is 3.32. The number of nitrogen functional groups attached to an aromatic ring is 1. The normalized spacial score (nSPS) is 12.0. The van der Waals surface area contributed by atoms with E-state index in [0.29, 0.717) is 24.7 Å². The number of anilines is 1. The number of nitrogens with one attached hydrogen (secondary N) is 1. The summed E-state index contributed by atoms with van der Waals surface area (Å²) < 4.78 is 6.56. The van der Waals surface area contributed by atoms with Crippen LogP contribution in [0.1, 0.15) is 29.0 Å². The molecule has 0 fully saturated rings. The Morgan fingerprint density at radius 3 is 2.50 bits per heavy atom. The zero-order valence-electron chi connectivity index (χ0n) is 17.3. The third-order valence-electron chi connectivity index (χ3n) is 5.52. The molecule has 4 aromatic rings. The molecule has 1 amide bonds. The van der Waals surface area contributed by atoms with Crippen LogP contribution in [0.25, 0.3) is 21.3 Å². The monoisotopic (exact) mass is 439 g/mol. The Hall–Kier alpha value is -3.82. The van der Waals surface area contributed by atoms with Gasteiger partial charge in [0.05, 0.1) is 15.8 Å². The molecule has 0 radical (unpaired) electrons. The standard InChI is InChI=1S/C26H21N3O2S/c27-25-29-24-17(9-7-14-23(24)32-25)8-5-6-15-28-26(30)31-16-22-20-12-3-1-10-18(20)19-11-2-4-13-21(19)22/h1-4,7,9-14,22H,6,15-16H2,(H2,27,29)(H,28,30). The minimum absolute atomic E-state index is 0.0546. The van der Waals surface area contributed by atoms with Gasteiger partial charge in [0.2, 0.25) is 0 Å². The van der Waals surface area contributed by atoms with Crippen LogP contribution in [0.2, 0.25) is 0 Å². The average molecular weight is 440 g/mol. The number of nitrogens with two attached hydrogens (primary N) is 1. The molecular weight excluding hydrogens is 418 g/mol. The molecule has 5 nitrogen and oxygen atoms in total. The molecule has 158 valence electrons. The molecule has 6 heteroatoms.